The van der Waals surface area contributed by atoms with Crippen molar-refractivity contribution in [1.29, 1.82) is 0 Å². The normalized spacial score (nSPS) is 15.7. The zero-order chi connectivity index (χ0) is 16.2. The van der Waals surface area contributed by atoms with Gasteiger partial charge in [0, 0.05) is 11.6 Å². The first kappa shape index (κ1) is 19.6. The molecule has 2 N–H and O–H groups in total. The van der Waals surface area contributed by atoms with E-state index in [1.807, 2.05) is 0 Å². The topological polar surface area (TPSA) is 50.4 Å². The van der Waals surface area contributed by atoms with Crippen LogP contribution in [0, 0.1) is 12.8 Å². The van der Waals surface area contributed by atoms with Crippen LogP contribution in [-0.2, 0) is 4.79 Å². The predicted octanol–water partition coefficient (Wildman–Crippen LogP) is 3.30. The Balaban J connectivity index is 0.00000264. The molecule has 0 spiro atoms. The standard InChI is InChI=1S/C15H19F3N2O2.ClH/c1-10-8-12(2-3-13(10)22-9-15(16,17)18)20-14(21)11-4-6-19-7-5-11;/h2-3,8,11,19H,4-7,9H2,1H3,(H,20,21);1H. The van der Waals surface area contributed by atoms with Gasteiger partial charge in [0.1, 0.15) is 5.75 Å². The average Bonchev–Trinajstić information content (AvgIpc) is 2.46. The second kappa shape index (κ2) is 8.40. The molecule has 130 valence electrons. The van der Waals surface area contributed by atoms with Crippen molar-refractivity contribution in [2.24, 2.45) is 5.92 Å². The maximum Gasteiger partial charge on any atom is 0.422 e. The van der Waals surface area contributed by atoms with E-state index in [1.54, 1.807) is 19.1 Å². The van der Waals surface area contributed by atoms with E-state index in [0.29, 0.717) is 11.3 Å². The van der Waals surface area contributed by atoms with E-state index in [-0.39, 0.29) is 30.0 Å². The second-order valence-electron chi connectivity index (χ2n) is 5.40. The number of aryl methyl sites for hydroxylation is 1. The molecule has 1 heterocycles. The molecule has 4 nitrogen and oxygen atoms in total. The number of halogens is 4. The number of carbonyl (C=O) groups excluding carboxylic acids is 1. The van der Waals surface area contributed by atoms with Gasteiger partial charge in [-0.3, -0.25) is 4.79 Å². The second-order valence-corrected chi connectivity index (χ2v) is 5.40. The fraction of sp³-hybridized carbons (Fsp3) is 0.533. The summed E-state index contributed by atoms with van der Waals surface area (Å²) in [5.41, 5.74) is 1.12. The largest absolute Gasteiger partial charge is 0.484 e. The van der Waals surface area contributed by atoms with Gasteiger partial charge in [0.15, 0.2) is 6.61 Å². The number of hydrogen-bond acceptors (Lipinski definition) is 3. The van der Waals surface area contributed by atoms with Crippen LogP contribution in [0.2, 0.25) is 0 Å². The lowest BCUT2D eigenvalue weighted by Crippen LogP contribution is -2.34. The molecule has 0 saturated carbocycles. The lowest BCUT2D eigenvalue weighted by atomic mass is 9.97. The highest BCUT2D eigenvalue weighted by Crippen LogP contribution is 2.25. The SMILES string of the molecule is Cc1cc(NC(=O)C2CCNCC2)ccc1OCC(F)(F)F.Cl. The van der Waals surface area contributed by atoms with Crippen LogP contribution in [0.15, 0.2) is 18.2 Å². The molecule has 0 aromatic heterocycles. The number of anilines is 1. The van der Waals surface area contributed by atoms with E-state index in [2.05, 4.69) is 10.6 Å². The number of rotatable bonds is 4. The zero-order valence-corrected chi connectivity index (χ0v) is 13.5. The molecular formula is C15H20ClF3N2O2. The molecule has 8 heteroatoms. The summed E-state index contributed by atoms with van der Waals surface area (Å²) < 4.78 is 41.2. The molecule has 1 aromatic rings. The lowest BCUT2D eigenvalue weighted by molar-refractivity contribution is -0.153. The van der Waals surface area contributed by atoms with E-state index < -0.39 is 12.8 Å². The van der Waals surface area contributed by atoms with Crippen LogP contribution in [0.1, 0.15) is 18.4 Å². The number of alkyl halides is 3. The summed E-state index contributed by atoms with van der Waals surface area (Å²) in [4.78, 5) is 12.1. The Hall–Kier alpha value is -1.47. The van der Waals surface area contributed by atoms with Crippen LogP contribution in [0.3, 0.4) is 0 Å². The van der Waals surface area contributed by atoms with Crippen LogP contribution < -0.4 is 15.4 Å². The summed E-state index contributed by atoms with van der Waals surface area (Å²) in [6, 6.07) is 4.61. The molecule has 0 radical (unpaired) electrons. The maximum absolute atomic E-state index is 12.1. The molecule has 0 atom stereocenters. The molecule has 1 fully saturated rings. The molecule has 0 unspecified atom stereocenters. The van der Waals surface area contributed by atoms with Crippen LogP contribution in [0.5, 0.6) is 5.75 Å². The first-order valence-electron chi connectivity index (χ1n) is 7.17. The molecule has 1 saturated heterocycles. The number of hydrogen-bond donors (Lipinski definition) is 2. The van der Waals surface area contributed by atoms with E-state index in [0.717, 1.165) is 25.9 Å². The van der Waals surface area contributed by atoms with E-state index >= 15 is 0 Å². The fourth-order valence-electron chi connectivity index (χ4n) is 2.38. The lowest BCUT2D eigenvalue weighted by Gasteiger charge is -2.22. The quantitative estimate of drug-likeness (QED) is 0.874. The van der Waals surface area contributed by atoms with Crippen molar-refractivity contribution in [1.82, 2.24) is 5.32 Å². The molecule has 1 amide bonds. The van der Waals surface area contributed by atoms with Crippen molar-refractivity contribution in [2.75, 3.05) is 25.0 Å². The Kier molecular flexibility index (Phi) is 7.15. The molecule has 2 rings (SSSR count). The number of carbonyl (C=O) groups is 1. The summed E-state index contributed by atoms with van der Waals surface area (Å²) in [6.07, 6.45) is -2.79. The monoisotopic (exact) mass is 352 g/mol. The summed E-state index contributed by atoms with van der Waals surface area (Å²) in [5.74, 6) is 0.0877. The molecule has 0 aliphatic carbocycles. The summed E-state index contributed by atoms with van der Waals surface area (Å²) in [7, 11) is 0. The van der Waals surface area contributed by atoms with Crippen molar-refractivity contribution in [3.05, 3.63) is 23.8 Å². The molecule has 1 aliphatic rings. The average molecular weight is 353 g/mol. The fourth-order valence-corrected chi connectivity index (χ4v) is 2.38. The van der Waals surface area contributed by atoms with Crippen molar-refractivity contribution >= 4 is 24.0 Å². The van der Waals surface area contributed by atoms with Gasteiger partial charge in [0.05, 0.1) is 0 Å². The molecule has 1 aromatic carbocycles. The van der Waals surface area contributed by atoms with Crippen LogP contribution in [-0.4, -0.2) is 31.8 Å². The highest BCUT2D eigenvalue weighted by atomic mass is 35.5. The van der Waals surface area contributed by atoms with Gasteiger partial charge in [-0.15, -0.1) is 12.4 Å². The van der Waals surface area contributed by atoms with Crippen molar-refractivity contribution in [3.63, 3.8) is 0 Å². The Morgan fingerprint density at radius 2 is 2.00 bits per heavy atom. The van der Waals surface area contributed by atoms with Crippen molar-refractivity contribution < 1.29 is 22.7 Å². The number of amides is 1. The third-order valence-electron chi connectivity index (χ3n) is 3.54. The highest BCUT2D eigenvalue weighted by Gasteiger charge is 2.28. The van der Waals surface area contributed by atoms with E-state index in [4.69, 9.17) is 4.74 Å². The van der Waals surface area contributed by atoms with Crippen LogP contribution in [0.25, 0.3) is 0 Å². The van der Waals surface area contributed by atoms with Crippen LogP contribution in [0.4, 0.5) is 18.9 Å². The predicted molar refractivity (Wildman–Crippen MR) is 84.2 cm³/mol. The summed E-state index contributed by atoms with van der Waals surface area (Å²) in [5, 5.41) is 6.00. The van der Waals surface area contributed by atoms with E-state index in [9.17, 15) is 18.0 Å². The smallest absolute Gasteiger partial charge is 0.422 e. The Morgan fingerprint density at radius 1 is 1.35 bits per heavy atom. The van der Waals surface area contributed by atoms with Gasteiger partial charge < -0.3 is 15.4 Å². The molecule has 23 heavy (non-hydrogen) atoms. The van der Waals surface area contributed by atoms with E-state index in [1.165, 1.54) is 6.07 Å². The maximum atomic E-state index is 12.1. The third kappa shape index (κ3) is 6.27. The molecule has 1 aliphatic heterocycles. The zero-order valence-electron chi connectivity index (χ0n) is 12.7. The Labute approximate surface area is 139 Å². The summed E-state index contributed by atoms with van der Waals surface area (Å²) in [6.45, 7) is 1.96. The minimum atomic E-state index is -4.37. The number of benzene rings is 1. The number of ether oxygens (including phenoxy) is 1. The highest BCUT2D eigenvalue weighted by molar-refractivity contribution is 5.92. The Bertz CT molecular complexity index is 532. The summed E-state index contributed by atoms with van der Waals surface area (Å²) >= 11 is 0. The number of nitrogens with one attached hydrogen (secondary N) is 2. The van der Waals surface area contributed by atoms with Gasteiger partial charge in [-0.1, -0.05) is 0 Å². The van der Waals surface area contributed by atoms with Crippen molar-refractivity contribution in [3.8, 4) is 5.75 Å². The van der Waals surface area contributed by atoms with Gasteiger partial charge in [-0.05, 0) is 56.6 Å². The molecule has 0 bridgehead atoms. The van der Waals surface area contributed by atoms with Crippen molar-refractivity contribution in [2.45, 2.75) is 25.9 Å². The van der Waals surface area contributed by atoms with Gasteiger partial charge in [-0.2, -0.15) is 13.2 Å². The first-order valence-corrected chi connectivity index (χ1v) is 7.17. The minimum Gasteiger partial charge on any atom is -0.484 e. The molecular weight excluding hydrogens is 333 g/mol. The Morgan fingerprint density at radius 3 is 2.57 bits per heavy atom. The first-order chi connectivity index (χ1) is 10.3. The minimum absolute atomic E-state index is 0. The van der Waals surface area contributed by atoms with Crippen LogP contribution >= 0.6 is 12.4 Å². The third-order valence-corrected chi connectivity index (χ3v) is 3.54. The van der Waals surface area contributed by atoms with Gasteiger partial charge >= 0.3 is 6.18 Å². The number of piperidine rings is 1. The van der Waals surface area contributed by atoms with Gasteiger partial charge in [0.25, 0.3) is 0 Å². The van der Waals surface area contributed by atoms with Gasteiger partial charge in [-0.25, -0.2) is 0 Å². The van der Waals surface area contributed by atoms with Gasteiger partial charge in [0.2, 0.25) is 5.91 Å².